The molecule has 0 saturated heterocycles. The van der Waals surface area contributed by atoms with Crippen LogP contribution in [-0.2, 0) is 12.0 Å². The first kappa shape index (κ1) is 24.0. The average molecular weight is 498 g/mol. The van der Waals surface area contributed by atoms with Gasteiger partial charge in [0, 0.05) is 23.8 Å². The second kappa shape index (κ2) is 10.2. The van der Waals surface area contributed by atoms with Gasteiger partial charge in [-0.3, -0.25) is 0 Å². The summed E-state index contributed by atoms with van der Waals surface area (Å²) in [7, 11) is -1.64. The summed E-state index contributed by atoms with van der Waals surface area (Å²) in [5.41, 5.74) is 5.66. The van der Waals surface area contributed by atoms with E-state index in [1.54, 1.807) is 0 Å². The van der Waals surface area contributed by atoms with Crippen molar-refractivity contribution in [2.45, 2.75) is 12.0 Å². The maximum absolute atomic E-state index is 10.00. The standard InChI is InChI=1S/C32H27BN2O3/c36-33(37)21-29(28-18-10-11-24-19-20-38-31(24)28)30-22-35(23-34-30)32(25-12-4-1-5-13-25,26-14-6-2-7-15-26)27-16-8-3-9-17-27/h1-18,21-23,36-37H,19-20H2/b29-21-. The van der Waals surface area contributed by atoms with Crippen LogP contribution in [0.4, 0.5) is 0 Å². The number of benzene rings is 4. The van der Waals surface area contributed by atoms with Crippen LogP contribution in [0, 0.1) is 0 Å². The molecular formula is C32H27BN2O3. The third-order valence-electron chi connectivity index (χ3n) is 7.14. The van der Waals surface area contributed by atoms with Gasteiger partial charge in [0.1, 0.15) is 11.3 Å². The highest BCUT2D eigenvalue weighted by Crippen LogP contribution is 2.42. The third kappa shape index (κ3) is 4.14. The summed E-state index contributed by atoms with van der Waals surface area (Å²) >= 11 is 0. The Morgan fingerprint density at radius 1 is 0.789 bits per heavy atom. The van der Waals surface area contributed by atoms with E-state index in [2.05, 4.69) is 41.0 Å². The molecule has 0 aliphatic carbocycles. The maximum Gasteiger partial charge on any atom is 0.481 e. The number of aromatic nitrogens is 2. The van der Waals surface area contributed by atoms with Crippen molar-refractivity contribution >= 4 is 12.7 Å². The Balaban J connectivity index is 1.60. The van der Waals surface area contributed by atoms with Crippen LogP contribution in [0.5, 0.6) is 5.75 Å². The van der Waals surface area contributed by atoms with Crippen LogP contribution in [0.2, 0.25) is 0 Å². The molecule has 2 heterocycles. The Morgan fingerprint density at radius 2 is 1.37 bits per heavy atom. The van der Waals surface area contributed by atoms with Crippen molar-refractivity contribution in [1.29, 1.82) is 0 Å². The summed E-state index contributed by atoms with van der Waals surface area (Å²) in [5, 5.41) is 20.0. The molecule has 0 bridgehead atoms. The summed E-state index contributed by atoms with van der Waals surface area (Å²) in [4.78, 5) is 4.83. The fourth-order valence-corrected chi connectivity index (χ4v) is 5.52. The Morgan fingerprint density at radius 3 is 1.92 bits per heavy atom. The number of para-hydroxylation sites is 1. The van der Waals surface area contributed by atoms with E-state index < -0.39 is 12.7 Å². The van der Waals surface area contributed by atoms with E-state index in [-0.39, 0.29) is 0 Å². The van der Waals surface area contributed by atoms with Crippen LogP contribution in [0.3, 0.4) is 0 Å². The highest BCUT2D eigenvalue weighted by Gasteiger charge is 2.38. The predicted octanol–water partition coefficient (Wildman–Crippen LogP) is 5.10. The second-order valence-corrected chi connectivity index (χ2v) is 9.36. The molecule has 2 N–H and O–H groups in total. The molecule has 0 radical (unpaired) electrons. The van der Waals surface area contributed by atoms with Crippen LogP contribution < -0.4 is 4.74 Å². The molecule has 5 aromatic rings. The third-order valence-corrected chi connectivity index (χ3v) is 7.14. The van der Waals surface area contributed by atoms with Crippen molar-refractivity contribution in [3.63, 3.8) is 0 Å². The molecule has 0 spiro atoms. The molecule has 5 nitrogen and oxygen atoms in total. The van der Waals surface area contributed by atoms with E-state index in [0.29, 0.717) is 17.9 Å². The number of fused-ring (bicyclic) bond motifs is 1. The number of rotatable bonds is 7. The zero-order chi connectivity index (χ0) is 26.0. The van der Waals surface area contributed by atoms with Crippen molar-refractivity contribution in [3.05, 3.63) is 161 Å². The largest absolute Gasteiger partial charge is 0.492 e. The van der Waals surface area contributed by atoms with E-state index in [1.165, 1.54) is 5.98 Å². The quantitative estimate of drug-likeness (QED) is 0.242. The minimum atomic E-state index is -1.64. The minimum absolute atomic E-state index is 0.606. The first-order valence-electron chi connectivity index (χ1n) is 12.7. The molecule has 0 unspecified atom stereocenters. The van der Waals surface area contributed by atoms with Crippen molar-refractivity contribution in [2.24, 2.45) is 0 Å². The zero-order valence-corrected chi connectivity index (χ0v) is 20.8. The maximum atomic E-state index is 10.00. The number of ether oxygens (including phenoxy) is 1. The molecule has 186 valence electrons. The Hall–Kier alpha value is -4.39. The van der Waals surface area contributed by atoms with Gasteiger partial charge >= 0.3 is 7.12 Å². The van der Waals surface area contributed by atoms with E-state index >= 15 is 0 Å². The number of imidazole rings is 1. The average Bonchev–Trinajstić information content (AvgIpc) is 3.65. The smallest absolute Gasteiger partial charge is 0.481 e. The van der Waals surface area contributed by atoms with E-state index in [4.69, 9.17) is 9.72 Å². The van der Waals surface area contributed by atoms with Gasteiger partial charge in [0.2, 0.25) is 0 Å². The zero-order valence-electron chi connectivity index (χ0n) is 20.8. The molecule has 6 rings (SSSR count). The highest BCUT2D eigenvalue weighted by atomic mass is 16.5. The van der Waals surface area contributed by atoms with Gasteiger partial charge in [0.05, 0.1) is 18.6 Å². The molecule has 4 aromatic carbocycles. The summed E-state index contributed by atoms with van der Waals surface area (Å²) in [6, 6.07) is 37.1. The van der Waals surface area contributed by atoms with Gasteiger partial charge in [-0.25, -0.2) is 4.98 Å². The lowest BCUT2D eigenvalue weighted by molar-refractivity contribution is 0.356. The lowest BCUT2D eigenvalue weighted by atomic mass is 9.76. The van der Waals surface area contributed by atoms with Crippen molar-refractivity contribution in [1.82, 2.24) is 9.55 Å². The van der Waals surface area contributed by atoms with Crippen LogP contribution in [0.1, 0.15) is 33.5 Å². The molecule has 0 saturated carbocycles. The van der Waals surface area contributed by atoms with Crippen molar-refractivity contribution < 1.29 is 14.8 Å². The van der Waals surface area contributed by atoms with E-state index in [0.717, 1.165) is 40.0 Å². The van der Waals surface area contributed by atoms with Crippen LogP contribution in [-0.4, -0.2) is 33.3 Å². The SMILES string of the molecule is OB(O)/C=C(\c1cn(C(c2ccccc2)(c2ccccc2)c2ccccc2)cn1)c1cccc2c1OCC2. The lowest BCUT2D eigenvalue weighted by Gasteiger charge is -2.37. The molecule has 38 heavy (non-hydrogen) atoms. The molecule has 1 aliphatic heterocycles. The second-order valence-electron chi connectivity index (χ2n) is 9.36. The van der Waals surface area contributed by atoms with Crippen molar-refractivity contribution in [2.75, 3.05) is 6.61 Å². The Kier molecular flexibility index (Phi) is 6.42. The van der Waals surface area contributed by atoms with Gasteiger partial charge < -0.3 is 19.4 Å². The minimum Gasteiger partial charge on any atom is -0.492 e. The summed E-state index contributed by atoms with van der Waals surface area (Å²) in [5.74, 6) is 2.19. The van der Waals surface area contributed by atoms with Crippen LogP contribution in [0.15, 0.2) is 128 Å². The van der Waals surface area contributed by atoms with Gasteiger partial charge in [0.15, 0.2) is 0 Å². The van der Waals surface area contributed by atoms with Gasteiger partial charge in [-0.2, -0.15) is 0 Å². The number of hydrogen-bond acceptors (Lipinski definition) is 4. The predicted molar refractivity (Wildman–Crippen MR) is 150 cm³/mol. The monoisotopic (exact) mass is 498 g/mol. The first-order chi connectivity index (χ1) is 18.7. The van der Waals surface area contributed by atoms with E-state index in [9.17, 15) is 10.0 Å². The number of hydrogen-bond donors (Lipinski definition) is 2. The summed E-state index contributed by atoms with van der Waals surface area (Å²) < 4.78 is 8.07. The van der Waals surface area contributed by atoms with Crippen molar-refractivity contribution in [3.8, 4) is 5.75 Å². The Labute approximate surface area is 222 Å². The highest BCUT2D eigenvalue weighted by molar-refractivity contribution is 6.49. The molecule has 1 aliphatic rings. The van der Waals surface area contributed by atoms with Gasteiger partial charge in [-0.15, -0.1) is 0 Å². The van der Waals surface area contributed by atoms with Gasteiger partial charge in [-0.1, -0.05) is 109 Å². The van der Waals surface area contributed by atoms with E-state index in [1.807, 2.05) is 85.3 Å². The normalized spacial score (nSPS) is 13.2. The fourth-order valence-electron chi connectivity index (χ4n) is 5.52. The fraction of sp³-hybridized carbons (Fsp3) is 0.0938. The summed E-state index contributed by atoms with van der Waals surface area (Å²) in [6.07, 6.45) is 4.63. The van der Waals surface area contributed by atoms with Gasteiger partial charge in [0.25, 0.3) is 0 Å². The molecule has 0 fully saturated rings. The molecule has 0 amide bonds. The summed E-state index contributed by atoms with van der Waals surface area (Å²) in [6.45, 7) is 0.606. The molecular weight excluding hydrogens is 471 g/mol. The molecule has 0 atom stereocenters. The molecule has 6 heteroatoms. The lowest BCUT2D eigenvalue weighted by Crippen LogP contribution is -2.36. The van der Waals surface area contributed by atoms with Gasteiger partial charge in [-0.05, 0) is 28.2 Å². The first-order valence-corrected chi connectivity index (χ1v) is 12.7. The molecule has 1 aromatic heterocycles. The Bertz CT molecular complexity index is 1470. The number of nitrogens with zero attached hydrogens (tertiary/aromatic N) is 2. The van der Waals surface area contributed by atoms with Crippen LogP contribution >= 0.6 is 0 Å². The van der Waals surface area contributed by atoms with Crippen LogP contribution in [0.25, 0.3) is 5.57 Å². The topological polar surface area (TPSA) is 67.5 Å².